The third kappa shape index (κ3) is 3.65. The minimum atomic E-state index is 0.720. The highest BCUT2D eigenvalue weighted by Crippen LogP contribution is 2.08. The molecule has 0 amide bonds. The Morgan fingerprint density at radius 2 is 2.05 bits per heavy atom. The lowest BCUT2D eigenvalue weighted by Crippen LogP contribution is -2.27. The van der Waals surface area contributed by atoms with Crippen LogP contribution in [-0.2, 0) is 13.0 Å². The molecule has 1 saturated heterocycles. The number of rotatable bonds is 4. The maximum Gasteiger partial charge on any atom is 0.240 e. The van der Waals surface area contributed by atoms with Crippen molar-refractivity contribution in [2.24, 2.45) is 0 Å². The van der Waals surface area contributed by atoms with Gasteiger partial charge in [0.2, 0.25) is 5.89 Å². The fourth-order valence-corrected chi connectivity index (χ4v) is 2.46. The molecule has 0 spiro atoms. The topological polar surface area (TPSA) is 54.2 Å². The van der Waals surface area contributed by atoms with Gasteiger partial charge in [0, 0.05) is 19.5 Å². The molecule has 1 aliphatic rings. The summed E-state index contributed by atoms with van der Waals surface area (Å²) in [5, 5.41) is 7.46. The molecule has 1 aromatic heterocycles. The van der Waals surface area contributed by atoms with Crippen molar-refractivity contribution in [2.45, 2.75) is 19.4 Å². The summed E-state index contributed by atoms with van der Waals surface area (Å²) in [5.74, 6) is 1.48. The van der Waals surface area contributed by atoms with Crippen LogP contribution < -0.4 is 5.32 Å². The average molecular weight is 272 g/mol. The van der Waals surface area contributed by atoms with Crippen LogP contribution in [0, 0.1) is 0 Å². The summed E-state index contributed by atoms with van der Waals surface area (Å²) < 4.78 is 5.36. The summed E-state index contributed by atoms with van der Waals surface area (Å²) in [6, 6.07) is 10.2. The van der Waals surface area contributed by atoms with Crippen molar-refractivity contribution in [1.82, 2.24) is 20.4 Å². The highest BCUT2D eigenvalue weighted by Gasteiger charge is 2.13. The molecule has 2 heterocycles. The Morgan fingerprint density at radius 1 is 1.15 bits per heavy atom. The van der Waals surface area contributed by atoms with Gasteiger partial charge in [-0.1, -0.05) is 35.5 Å². The number of aromatic nitrogens is 2. The predicted octanol–water partition coefficient (Wildman–Crippen LogP) is 1.46. The molecule has 5 nitrogen and oxygen atoms in total. The quantitative estimate of drug-likeness (QED) is 0.913. The van der Waals surface area contributed by atoms with E-state index in [1.807, 2.05) is 18.2 Å². The number of hydrogen-bond acceptors (Lipinski definition) is 5. The van der Waals surface area contributed by atoms with Crippen LogP contribution in [0.1, 0.15) is 23.7 Å². The highest BCUT2D eigenvalue weighted by atomic mass is 16.5. The van der Waals surface area contributed by atoms with E-state index >= 15 is 0 Å². The Labute approximate surface area is 119 Å². The van der Waals surface area contributed by atoms with Crippen LogP contribution in [0.15, 0.2) is 34.9 Å². The van der Waals surface area contributed by atoms with Crippen molar-refractivity contribution >= 4 is 0 Å². The van der Waals surface area contributed by atoms with Crippen LogP contribution in [-0.4, -0.2) is 41.2 Å². The zero-order chi connectivity index (χ0) is 13.6. The lowest BCUT2D eigenvalue weighted by Gasteiger charge is -2.16. The van der Waals surface area contributed by atoms with Crippen LogP contribution in [0.2, 0.25) is 0 Å². The summed E-state index contributed by atoms with van der Waals surface area (Å²) in [6.07, 6.45) is 1.90. The molecule has 2 aromatic rings. The summed E-state index contributed by atoms with van der Waals surface area (Å²) in [6.45, 7) is 5.01. The monoisotopic (exact) mass is 272 g/mol. The highest BCUT2D eigenvalue weighted by molar-refractivity contribution is 5.18. The number of nitrogens with one attached hydrogen (secondary N) is 1. The molecule has 1 aromatic carbocycles. The van der Waals surface area contributed by atoms with Gasteiger partial charge in [0.15, 0.2) is 5.82 Å². The van der Waals surface area contributed by atoms with Gasteiger partial charge in [-0.3, -0.25) is 4.90 Å². The molecule has 3 rings (SSSR count). The van der Waals surface area contributed by atoms with E-state index < -0.39 is 0 Å². The first-order valence-electron chi connectivity index (χ1n) is 7.18. The molecule has 0 atom stereocenters. The fraction of sp³-hybridized carbons (Fsp3) is 0.467. The van der Waals surface area contributed by atoms with E-state index in [0.29, 0.717) is 0 Å². The molecular weight excluding hydrogens is 252 g/mol. The SMILES string of the molecule is c1ccc(Cc2noc(CN3CCCNCC3)n2)cc1. The molecule has 5 heteroatoms. The van der Waals surface area contributed by atoms with E-state index in [4.69, 9.17) is 4.52 Å². The minimum absolute atomic E-state index is 0.720. The van der Waals surface area contributed by atoms with E-state index in [9.17, 15) is 0 Å². The predicted molar refractivity (Wildman–Crippen MR) is 76.3 cm³/mol. The van der Waals surface area contributed by atoms with Gasteiger partial charge in [-0.2, -0.15) is 4.98 Å². The molecule has 1 aliphatic heterocycles. The zero-order valence-electron chi connectivity index (χ0n) is 11.6. The first kappa shape index (κ1) is 13.3. The van der Waals surface area contributed by atoms with Crippen molar-refractivity contribution in [2.75, 3.05) is 26.2 Å². The third-order valence-electron chi connectivity index (χ3n) is 3.51. The van der Waals surface area contributed by atoms with Crippen LogP contribution in [0.3, 0.4) is 0 Å². The van der Waals surface area contributed by atoms with Gasteiger partial charge < -0.3 is 9.84 Å². The number of benzene rings is 1. The molecule has 106 valence electrons. The average Bonchev–Trinajstić information content (AvgIpc) is 2.74. The van der Waals surface area contributed by atoms with E-state index in [1.165, 1.54) is 12.0 Å². The Kier molecular flexibility index (Phi) is 4.40. The van der Waals surface area contributed by atoms with Gasteiger partial charge in [0.1, 0.15) is 0 Å². The molecule has 1 N–H and O–H groups in total. The lowest BCUT2D eigenvalue weighted by molar-refractivity contribution is 0.238. The molecule has 0 radical (unpaired) electrons. The molecule has 0 bridgehead atoms. The Balaban J connectivity index is 1.59. The van der Waals surface area contributed by atoms with Gasteiger partial charge in [-0.05, 0) is 25.1 Å². The first-order valence-corrected chi connectivity index (χ1v) is 7.18. The third-order valence-corrected chi connectivity index (χ3v) is 3.51. The van der Waals surface area contributed by atoms with Crippen LogP contribution in [0.4, 0.5) is 0 Å². The minimum Gasteiger partial charge on any atom is -0.338 e. The molecular formula is C15H20N4O. The van der Waals surface area contributed by atoms with Crippen molar-refractivity contribution < 1.29 is 4.52 Å². The summed E-state index contributed by atoms with van der Waals surface area (Å²) in [5.41, 5.74) is 1.21. The van der Waals surface area contributed by atoms with E-state index in [1.54, 1.807) is 0 Å². The summed E-state index contributed by atoms with van der Waals surface area (Å²) in [7, 11) is 0. The second-order valence-corrected chi connectivity index (χ2v) is 5.15. The van der Waals surface area contributed by atoms with E-state index in [2.05, 4.69) is 32.5 Å². The maximum absolute atomic E-state index is 5.36. The Bertz CT molecular complexity index is 518. The van der Waals surface area contributed by atoms with Crippen LogP contribution in [0.5, 0.6) is 0 Å². The number of nitrogens with zero attached hydrogens (tertiary/aromatic N) is 3. The van der Waals surface area contributed by atoms with E-state index in [-0.39, 0.29) is 0 Å². The first-order chi connectivity index (χ1) is 9.90. The lowest BCUT2D eigenvalue weighted by atomic mass is 10.1. The molecule has 0 aliphatic carbocycles. The van der Waals surface area contributed by atoms with E-state index in [0.717, 1.165) is 50.9 Å². The van der Waals surface area contributed by atoms with Gasteiger partial charge in [-0.15, -0.1) is 0 Å². The van der Waals surface area contributed by atoms with Crippen molar-refractivity contribution in [1.29, 1.82) is 0 Å². The van der Waals surface area contributed by atoms with Crippen molar-refractivity contribution in [3.05, 3.63) is 47.6 Å². The summed E-state index contributed by atoms with van der Waals surface area (Å²) >= 11 is 0. The molecule has 0 saturated carbocycles. The van der Waals surface area contributed by atoms with Gasteiger partial charge in [0.25, 0.3) is 0 Å². The molecule has 0 unspecified atom stereocenters. The maximum atomic E-state index is 5.36. The molecule has 20 heavy (non-hydrogen) atoms. The Hall–Kier alpha value is -1.72. The Morgan fingerprint density at radius 3 is 2.95 bits per heavy atom. The fourth-order valence-electron chi connectivity index (χ4n) is 2.46. The van der Waals surface area contributed by atoms with Gasteiger partial charge in [0.05, 0.1) is 6.54 Å². The van der Waals surface area contributed by atoms with Gasteiger partial charge in [-0.25, -0.2) is 0 Å². The normalized spacial score (nSPS) is 17.0. The van der Waals surface area contributed by atoms with Crippen LogP contribution >= 0.6 is 0 Å². The number of hydrogen-bond donors (Lipinski definition) is 1. The van der Waals surface area contributed by atoms with Crippen molar-refractivity contribution in [3.63, 3.8) is 0 Å². The smallest absolute Gasteiger partial charge is 0.240 e. The molecule has 1 fully saturated rings. The largest absolute Gasteiger partial charge is 0.338 e. The van der Waals surface area contributed by atoms with Gasteiger partial charge >= 0.3 is 0 Å². The zero-order valence-corrected chi connectivity index (χ0v) is 11.6. The second kappa shape index (κ2) is 6.63. The van der Waals surface area contributed by atoms with Crippen molar-refractivity contribution in [3.8, 4) is 0 Å². The van der Waals surface area contributed by atoms with Crippen LogP contribution in [0.25, 0.3) is 0 Å². The standard InChI is InChI=1S/C15H20N4O/c1-2-5-13(6-3-1)11-14-17-15(20-18-14)12-19-9-4-7-16-8-10-19/h1-3,5-6,16H,4,7-12H2. The second-order valence-electron chi connectivity index (χ2n) is 5.15. The summed E-state index contributed by atoms with van der Waals surface area (Å²) in [4.78, 5) is 6.85.